The van der Waals surface area contributed by atoms with Gasteiger partial charge in [-0.1, -0.05) is 19.8 Å². The van der Waals surface area contributed by atoms with Crippen LogP contribution in [0.3, 0.4) is 0 Å². The Morgan fingerprint density at radius 1 is 1.64 bits per heavy atom. The first-order valence-corrected chi connectivity index (χ1v) is 3.53. The quantitative estimate of drug-likeness (QED) is 0.689. The van der Waals surface area contributed by atoms with Gasteiger partial charge in [0.2, 0.25) is 0 Å². The van der Waals surface area contributed by atoms with E-state index >= 15 is 0 Å². The maximum absolute atomic E-state index is 10.4. The molecule has 0 amide bonds. The lowest BCUT2D eigenvalue weighted by Gasteiger charge is -2.17. The number of aliphatic carboxylic acids is 1. The molecule has 0 bridgehead atoms. The van der Waals surface area contributed by atoms with Crippen molar-refractivity contribution in [2.75, 3.05) is 0 Å². The highest BCUT2D eigenvalue weighted by atomic mass is 35.5. The van der Waals surface area contributed by atoms with Crippen LogP contribution in [-0.2, 0) is 4.79 Å². The SMILES string of the molecule is CCCCC(C)(N)C(=O)O.Cl. The van der Waals surface area contributed by atoms with Gasteiger partial charge >= 0.3 is 5.97 Å². The van der Waals surface area contributed by atoms with E-state index in [2.05, 4.69) is 0 Å². The van der Waals surface area contributed by atoms with Crippen molar-refractivity contribution in [3.8, 4) is 0 Å². The minimum absolute atomic E-state index is 0. The van der Waals surface area contributed by atoms with Crippen LogP contribution < -0.4 is 5.73 Å². The molecule has 1 atom stereocenters. The van der Waals surface area contributed by atoms with E-state index in [9.17, 15) is 4.79 Å². The molecule has 0 aliphatic rings. The number of carbonyl (C=O) groups is 1. The molecule has 0 radical (unpaired) electrons. The van der Waals surface area contributed by atoms with Crippen LogP contribution >= 0.6 is 12.4 Å². The van der Waals surface area contributed by atoms with Gasteiger partial charge in [0, 0.05) is 0 Å². The van der Waals surface area contributed by atoms with Crippen molar-refractivity contribution < 1.29 is 9.90 Å². The molecule has 0 aromatic carbocycles. The fourth-order valence-corrected chi connectivity index (χ4v) is 0.651. The first-order valence-electron chi connectivity index (χ1n) is 3.53. The van der Waals surface area contributed by atoms with Crippen LogP contribution in [0.5, 0.6) is 0 Å². The van der Waals surface area contributed by atoms with Crippen LogP contribution in [0.2, 0.25) is 0 Å². The van der Waals surface area contributed by atoms with E-state index in [1.54, 1.807) is 6.92 Å². The molecule has 0 aromatic rings. The van der Waals surface area contributed by atoms with Crippen LogP contribution in [0.25, 0.3) is 0 Å². The summed E-state index contributed by atoms with van der Waals surface area (Å²) in [5.41, 5.74) is 4.41. The first-order chi connectivity index (χ1) is 4.50. The predicted molar refractivity (Wildman–Crippen MR) is 47.0 cm³/mol. The fraction of sp³-hybridized carbons (Fsp3) is 0.857. The van der Waals surface area contributed by atoms with Crippen molar-refractivity contribution in [3.63, 3.8) is 0 Å². The summed E-state index contributed by atoms with van der Waals surface area (Å²) in [5.74, 6) is -0.916. The molecule has 0 spiro atoms. The lowest BCUT2D eigenvalue weighted by molar-refractivity contribution is -0.142. The van der Waals surface area contributed by atoms with Crippen LogP contribution in [0.1, 0.15) is 33.1 Å². The predicted octanol–water partition coefficient (Wildman–Crippen LogP) is 1.40. The molecule has 0 rings (SSSR count). The summed E-state index contributed by atoms with van der Waals surface area (Å²) in [5, 5.41) is 8.54. The van der Waals surface area contributed by atoms with Crippen molar-refractivity contribution in [1.29, 1.82) is 0 Å². The Hall–Kier alpha value is -0.280. The zero-order valence-corrected chi connectivity index (χ0v) is 7.78. The van der Waals surface area contributed by atoms with Gasteiger partial charge in [-0.05, 0) is 13.3 Å². The molecule has 4 heteroatoms. The summed E-state index contributed by atoms with van der Waals surface area (Å²) >= 11 is 0. The Bertz CT molecular complexity index is 126. The topological polar surface area (TPSA) is 63.3 Å². The van der Waals surface area contributed by atoms with E-state index in [1.807, 2.05) is 6.92 Å². The highest BCUT2D eigenvalue weighted by Crippen LogP contribution is 2.09. The maximum atomic E-state index is 10.4. The zero-order chi connectivity index (χ0) is 8.20. The minimum atomic E-state index is -1.03. The van der Waals surface area contributed by atoms with E-state index < -0.39 is 11.5 Å². The van der Waals surface area contributed by atoms with Crippen molar-refractivity contribution in [3.05, 3.63) is 0 Å². The summed E-state index contributed by atoms with van der Waals surface area (Å²) in [6, 6.07) is 0. The molecule has 0 aliphatic heterocycles. The van der Waals surface area contributed by atoms with Gasteiger partial charge in [0.25, 0.3) is 0 Å². The third-order valence-electron chi connectivity index (χ3n) is 1.54. The second-order valence-electron chi connectivity index (χ2n) is 2.83. The highest BCUT2D eigenvalue weighted by molar-refractivity contribution is 5.85. The number of hydrogen-bond donors (Lipinski definition) is 2. The largest absolute Gasteiger partial charge is 0.480 e. The van der Waals surface area contributed by atoms with Gasteiger partial charge in [-0.3, -0.25) is 4.79 Å². The first kappa shape index (κ1) is 13.3. The van der Waals surface area contributed by atoms with Crippen molar-refractivity contribution in [1.82, 2.24) is 0 Å². The third kappa shape index (κ3) is 5.04. The van der Waals surface area contributed by atoms with E-state index in [1.165, 1.54) is 0 Å². The molecule has 0 aliphatic carbocycles. The van der Waals surface area contributed by atoms with E-state index in [4.69, 9.17) is 10.8 Å². The van der Waals surface area contributed by atoms with Crippen LogP contribution in [0, 0.1) is 0 Å². The lowest BCUT2D eigenvalue weighted by atomic mass is 9.97. The summed E-state index contributed by atoms with van der Waals surface area (Å²) in [4.78, 5) is 10.4. The number of carboxylic acids is 1. The molecule has 0 aromatic heterocycles. The molecular formula is C7H16ClNO2. The number of hydrogen-bond acceptors (Lipinski definition) is 2. The molecule has 1 unspecified atom stereocenters. The van der Waals surface area contributed by atoms with Crippen LogP contribution in [0.15, 0.2) is 0 Å². The van der Waals surface area contributed by atoms with Crippen molar-refractivity contribution in [2.45, 2.75) is 38.6 Å². The number of halogens is 1. The lowest BCUT2D eigenvalue weighted by Crippen LogP contribution is -2.44. The average molecular weight is 182 g/mol. The molecule has 0 fully saturated rings. The smallest absolute Gasteiger partial charge is 0.323 e. The second kappa shape index (κ2) is 5.38. The number of nitrogens with two attached hydrogens (primary N) is 1. The summed E-state index contributed by atoms with van der Waals surface area (Å²) in [7, 11) is 0. The molecule has 0 saturated carbocycles. The van der Waals surface area contributed by atoms with Gasteiger partial charge in [-0.25, -0.2) is 0 Å². The van der Waals surface area contributed by atoms with E-state index in [0.29, 0.717) is 6.42 Å². The fourth-order valence-electron chi connectivity index (χ4n) is 0.651. The number of carboxylic acid groups (broad SMARTS) is 1. The summed E-state index contributed by atoms with van der Waals surface area (Å²) < 4.78 is 0. The Morgan fingerprint density at radius 2 is 2.09 bits per heavy atom. The Labute approximate surface area is 73.4 Å². The third-order valence-corrected chi connectivity index (χ3v) is 1.54. The number of unbranched alkanes of at least 4 members (excludes halogenated alkanes) is 1. The maximum Gasteiger partial charge on any atom is 0.323 e. The van der Waals surface area contributed by atoms with E-state index in [-0.39, 0.29) is 12.4 Å². The molecule has 11 heavy (non-hydrogen) atoms. The summed E-state index contributed by atoms with van der Waals surface area (Å²) in [6.07, 6.45) is 2.41. The van der Waals surface area contributed by atoms with Crippen molar-refractivity contribution in [2.24, 2.45) is 5.73 Å². The highest BCUT2D eigenvalue weighted by Gasteiger charge is 2.26. The molecule has 3 nitrogen and oxygen atoms in total. The zero-order valence-electron chi connectivity index (χ0n) is 6.96. The molecule has 0 heterocycles. The molecule has 3 N–H and O–H groups in total. The minimum Gasteiger partial charge on any atom is -0.480 e. The van der Waals surface area contributed by atoms with Gasteiger partial charge in [-0.15, -0.1) is 12.4 Å². The molecule has 0 saturated heterocycles. The number of rotatable bonds is 4. The Balaban J connectivity index is 0. The van der Waals surface area contributed by atoms with Gasteiger partial charge in [0.05, 0.1) is 0 Å². The Kier molecular flexibility index (Phi) is 6.52. The normalized spacial score (nSPS) is 14.8. The van der Waals surface area contributed by atoms with Gasteiger partial charge in [0.1, 0.15) is 5.54 Å². The molecule has 68 valence electrons. The van der Waals surface area contributed by atoms with Gasteiger partial charge in [-0.2, -0.15) is 0 Å². The second-order valence-corrected chi connectivity index (χ2v) is 2.83. The van der Waals surface area contributed by atoms with E-state index in [0.717, 1.165) is 12.8 Å². The van der Waals surface area contributed by atoms with Crippen molar-refractivity contribution >= 4 is 18.4 Å². The van der Waals surface area contributed by atoms with Crippen LogP contribution in [-0.4, -0.2) is 16.6 Å². The standard InChI is InChI=1S/C7H15NO2.ClH/c1-3-4-5-7(2,8)6(9)10;/h3-5,8H2,1-2H3,(H,9,10);1H. The van der Waals surface area contributed by atoms with Crippen LogP contribution in [0.4, 0.5) is 0 Å². The monoisotopic (exact) mass is 181 g/mol. The Morgan fingerprint density at radius 3 is 2.36 bits per heavy atom. The van der Waals surface area contributed by atoms with Gasteiger partial charge in [0.15, 0.2) is 0 Å². The van der Waals surface area contributed by atoms with Gasteiger partial charge < -0.3 is 10.8 Å². The summed E-state index contributed by atoms with van der Waals surface area (Å²) in [6.45, 7) is 3.56. The molecular weight excluding hydrogens is 166 g/mol. The average Bonchev–Trinajstić information content (AvgIpc) is 1.84.